The Bertz CT molecular complexity index is 331. The molecule has 2 N–H and O–H groups in total. The molecule has 0 bridgehead atoms. The van der Waals surface area contributed by atoms with Crippen molar-refractivity contribution in [1.82, 2.24) is 0 Å². The number of hydrogen-bond donors (Lipinski definition) is 1. The highest BCUT2D eigenvalue weighted by atomic mass is 14.6. The normalized spacial score (nSPS) is 25.3. The van der Waals surface area contributed by atoms with E-state index in [9.17, 15) is 0 Å². The van der Waals surface area contributed by atoms with Crippen LogP contribution >= 0.6 is 0 Å². The molecule has 1 aliphatic carbocycles. The third-order valence-corrected chi connectivity index (χ3v) is 3.43. The zero-order valence-electron chi connectivity index (χ0n) is 9.96. The van der Waals surface area contributed by atoms with Crippen LogP contribution in [0.5, 0.6) is 0 Å². The van der Waals surface area contributed by atoms with Crippen LogP contribution in [0.3, 0.4) is 0 Å². The van der Waals surface area contributed by atoms with E-state index in [0.717, 1.165) is 18.4 Å². The number of rotatable bonds is 2. The van der Waals surface area contributed by atoms with Gasteiger partial charge in [0.05, 0.1) is 0 Å². The van der Waals surface area contributed by atoms with Crippen molar-refractivity contribution in [2.75, 3.05) is 6.54 Å². The van der Waals surface area contributed by atoms with Gasteiger partial charge in [-0.05, 0) is 41.3 Å². The van der Waals surface area contributed by atoms with Crippen LogP contribution in [0.25, 0.3) is 0 Å². The molecule has 1 aromatic carbocycles. The third kappa shape index (κ3) is 2.23. The van der Waals surface area contributed by atoms with Gasteiger partial charge in [0.1, 0.15) is 0 Å². The Labute approximate surface area is 92.7 Å². The topological polar surface area (TPSA) is 26.0 Å². The van der Waals surface area contributed by atoms with Gasteiger partial charge in [0, 0.05) is 0 Å². The molecule has 82 valence electrons. The first-order valence-electron chi connectivity index (χ1n) is 5.83. The average Bonchev–Trinajstić information content (AvgIpc) is 2.95. The van der Waals surface area contributed by atoms with E-state index in [-0.39, 0.29) is 5.41 Å². The molecule has 0 saturated heterocycles. The molecule has 2 atom stereocenters. The van der Waals surface area contributed by atoms with Crippen LogP contribution in [-0.4, -0.2) is 6.54 Å². The van der Waals surface area contributed by atoms with Gasteiger partial charge in [0.2, 0.25) is 0 Å². The molecule has 0 unspecified atom stereocenters. The predicted molar refractivity (Wildman–Crippen MR) is 65.0 cm³/mol. The van der Waals surface area contributed by atoms with Crippen molar-refractivity contribution >= 4 is 0 Å². The maximum Gasteiger partial charge on any atom is -0.00428 e. The largest absolute Gasteiger partial charge is 0.330 e. The lowest BCUT2D eigenvalue weighted by atomic mass is 9.86. The minimum absolute atomic E-state index is 0.259. The summed E-state index contributed by atoms with van der Waals surface area (Å²) < 4.78 is 0. The molecule has 0 spiro atoms. The van der Waals surface area contributed by atoms with Crippen LogP contribution in [0.15, 0.2) is 24.3 Å². The first-order valence-corrected chi connectivity index (χ1v) is 5.83. The summed E-state index contributed by atoms with van der Waals surface area (Å²) in [6.07, 6.45) is 1.28. The Morgan fingerprint density at radius 1 is 1.20 bits per heavy atom. The summed E-state index contributed by atoms with van der Waals surface area (Å²) in [4.78, 5) is 0. The molecular weight excluding hydrogens is 182 g/mol. The van der Waals surface area contributed by atoms with Gasteiger partial charge in [0.15, 0.2) is 0 Å². The second-order valence-corrected chi connectivity index (χ2v) is 5.71. The SMILES string of the molecule is CC(C)(C)c1ccc([C@@H]2C[C@H]2CN)cc1. The van der Waals surface area contributed by atoms with Crippen molar-refractivity contribution in [2.45, 2.75) is 38.5 Å². The van der Waals surface area contributed by atoms with Crippen LogP contribution in [0.4, 0.5) is 0 Å². The highest BCUT2D eigenvalue weighted by Gasteiger charge is 2.36. The predicted octanol–water partition coefficient (Wildman–Crippen LogP) is 3.05. The molecule has 1 heteroatoms. The molecule has 0 radical (unpaired) electrons. The van der Waals surface area contributed by atoms with E-state index < -0.39 is 0 Å². The molecule has 0 aliphatic heterocycles. The van der Waals surface area contributed by atoms with E-state index in [4.69, 9.17) is 5.73 Å². The highest BCUT2D eigenvalue weighted by molar-refractivity contribution is 5.32. The number of benzene rings is 1. The van der Waals surface area contributed by atoms with E-state index in [1.165, 1.54) is 17.5 Å². The monoisotopic (exact) mass is 203 g/mol. The second-order valence-electron chi connectivity index (χ2n) is 5.71. The fourth-order valence-electron chi connectivity index (χ4n) is 2.15. The van der Waals surface area contributed by atoms with E-state index in [0.29, 0.717) is 0 Å². The Morgan fingerprint density at radius 3 is 2.20 bits per heavy atom. The van der Waals surface area contributed by atoms with Crippen LogP contribution in [-0.2, 0) is 5.41 Å². The molecule has 2 rings (SSSR count). The first kappa shape index (κ1) is 10.7. The van der Waals surface area contributed by atoms with Crippen molar-refractivity contribution in [3.05, 3.63) is 35.4 Å². The second kappa shape index (κ2) is 3.64. The van der Waals surface area contributed by atoms with Crippen LogP contribution in [0.2, 0.25) is 0 Å². The molecule has 1 fully saturated rings. The van der Waals surface area contributed by atoms with Crippen molar-refractivity contribution in [3.63, 3.8) is 0 Å². The summed E-state index contributed by atoms with van der Waals surface area (Å²) in [7, 11) is 0. The van der Waals surface area contributed by atoms with Gasteiger partial charge >= 0.3 is 0 Å². The third-order valence-electron chi connectivity index (χ3n) is 3.43. The molecule has 1 saturated carbocycles. The first-order chi connectivity index (χ1) is 7.02. The van der Waals surface area contributed by atoms with Gasteiger partial charge in [-0.2, -0.15) is 0 Å². The van der Waals surface area contributed by atoms with Gasteiger partial charge in [-0.15, -0.1) is 0 Å². The Kier molecular flexibility index (Phi) is 2.59. The van der Waals surface area contributed by atoms with Gasteiger partial charge < -0.3 is 5.73 Å². The van der Waals surface area contributed by atoms with Crippen molar-refractivity contribution < 1.29 is 0 Å². The maximum absolute atomic E-state index is 5.66. The molecule has 0 aromatic heterocycles. The standard InChI is InChI=1S/C14H21N/c1-14(2,3)12-6-4-10(5-7-12)13-8-11(13)9-15/h4-7,11,13H,8-9,15H2,1-3H3/t11-,13-/m0/s1. The molecule has 1 nitrogen and oxygen atoms in total. The lowest BCUT2D eigenvalue weighted by molar-refractivity contribution is 0.590. The zero-order chi connectivity index (χ0) is 11.1. The minimum atomic E-state index is 0.259. The summed E-state index contributed by atoms with van der Waals surface area (Å²) in [6.45, 7) is 7.59. The van der Waals surface area contributed by atoms with Gasteiger partial charge in [-0.25, -0.2) is 0 Å². The summed E-state index contributed by atoms with van der Waals surface area (Å²) in [5.41, 5.74) is 8.80. The lowest BCUT2D eigenvalue weighted by Gasteiger charge is -2.19. The quantitative estimate of drug-likeness (QED) is 0.785. The van der Waals surface area contributed by atoms with E-state index in [2.05, 4.69) is 45.0 Å². The van der Waals surface area contributed by atoms with Gasteiger partial charge in [0.25, 0.3) is 0 Å². The fourth-order valence-corrected chi connectivity index (χ4v) is 2.15. The molecular formula is C14H21N. The van der Waals surface area contributed by atoms with Crippen LogP contribution in [0.1, 0.15) is 44.2 Å². The van der Waals surface area contributed by atoms with Gasteiger partial charge in [-0.3, -0.25) is 0 Å². The van der Waals surface area contributed by atoms with Crippen LogP contribution in [0, 0.1) is 5.92 Å². The van der Waals surface area contributed by atoms with Crippen molar-refractivity contribution in [1.29, 1.82) is 0 Å². The fraction of sp³-hybridized carbons (Fsp3) is 0.571. The highest BCUT2D eigenvalue weighted by Crippen LogP contribution is 2.46. The zero-order valence-corrected chi connectivity index (χ0v) is 9.96. The molecule has 1 aromatic rings. The molecule has 15 heavy (non-hydrogen) atoms. The Balaban J connectivity index is 2.12. The van der Waals surface area contributed by atoms with Crippen molar-refractivity contribution in [3.8, 4) is 0 Å². The van der Waals surface area contributed by atoms with Gasteiger partial charge in [-0.1, -0.05) is 45.0 Å². The Morgan fingerprint density at radius 2 is 1.80 bits per heavy atom. The average molecular weight is 203 g/mol. The number of nitrogens with two attached hydrogens (primary N) is 1. The van der Waals surface area contributed by atoms with Crippen molar-refractivity contribution in [2.24, 2.45) is 11.7 Å². The maximum atomic E-state index is 5.66. The van der Waals surface area contributed by atoms with E-state index >= 15 is 0 Å². The summed E-state index contributed by atoms with van der Waals surface area (Å²) in [6, 6.07) is 9.09. The number of hydrogen-bond acceptors (Lipinski definition) is 1. The van der Waals surface area contributed by atoms with E-state index in [1.807, 2.05) is 0 Å². The molecule has 0 amide bonds. The smallest absolute Gasteiger partial charge is 0.00428 e. The van der Waals surface area contributed by atoms with E-state index in [1.54, 1.807) is 0 Å². The lowest BCUT2D eigenvalue weighted by Crippen LogP contribution is -2.10. The minimum Gasteiger partial charge on any atom is -0.330 e. The van der Waals surface area contributed by atoms with Crippen LogP contribution < -0.4 is 5.73 Å². The molecule has 1 aliphatic rings. The summed E-state index contributed by atoms with van der Waals surface area (Å²) in [5.74, 6) is 1.48. The summed E-state index contributed by atoms with van der Waals surface area (Å²) >= 11 is 0. The summed E-state index contributed by atoms with van der Waals surface area (Å²) in [5, 5.41) is 0. The Hall–Kier alpha value is -0.820. The molecule has 0 heterocycles.